The zero-order valence-corrected chi connectivity index (χ0v) is 13.0. The molecule has 0 spiro atoms. The first-order valence-corrected chi connectivity index (χ1v) is 8.03. The fraction of sp³-hybridized carbons (Fsp3) is 0.333. The van der Waals surface area contributed by atoms with Gasteiger partial charge in [0.2, 0.25) is 0 Å². The lowest BCUT2D eigenvalue weighted by Crippen LogP contribution is -2.21. The molecule has 2 aromatic rings. The van der Waals surface area contributed by atoms with E-state index in [4.69, 9.17) is 16.3 Å². The summed E-state index contributed by atoms with van der Waals surface area (Å²) in [5.74, 6) is 0.329. The van der Waals surface area contributed by atoms with Crippen molar-refractivity contribution in [2.75, 3.05) is 24.3 Å². The largest absolute Gasteiger partial charge is 0.491 e. The highest BCUT2D eigenvalue weighted by Gasteiger charge is 2.08. The average molecular weight is 330 g/mol. The minimum Gasteiger partial charge on any atom is -0.491 e. The van der Waals surface area contributed by atoms with Gasteiger partial charge in [-0.05, 0) is 23.6 Å². The predicted octanol–water partition coefficient (Wildman–Crippen LogP) is 3.52. The maximum Gasteiger partial charge on any atom is 0.142 e. The molecule has 1 atom stereocenters. The molecule has 6 heteroatoms. The van der Waals surface area contributed by atoms with Crippen LogP contribution in [0.1, 0.15) is 4.88 Å². The van der Waals surface area contributed by atoms with E-state index in [0.717, 1.165) is 6.42 Å². The molecule has 0 bridgehead atoms. The second-order valence-corrected chi connectivity index (χ2v) is 5.85. The lowest BCUT2D eigenvalue weighted by Gasteiger charge is -2.15. The maximum atomic E-state index is 13.3. The van der Waals surface area contributed by atoms with E-state index >= 15 is 0 Å². The van der Waals surface area contributed by atoms with Crippen LogP contribution in [-0.2, 0) is 6.42 Å². The second-order valence-electron chi connectivity index (χ2n) is 4.51. The summed E-state index contributed by atoms with van der Waals surface area (Å²) in [4.78, 5) is 1.24. The highest BCUT2D eigenvalue weighted by molar-refractivity contribution is 7.09. The lowest BCUT2D eigenvalue weighted by atomic mass is 10.2. The van der Waals surface area contributed by atoms with Crippen LogP contribution in [0.25, 0.3) is 0 Å². The van der Waals surface area contributed by atoms with Crippen LogP contribution in [0, 0.1) is 5.82 Å². The minimum atomic E-state index is -0.686. The molecule has 0 amide bonds. The zero-order chi connectivity index (χ0) is 15.1. The van der Waals surface area contributed by atoms with Crippen molar-refractivity contribution >= 4 is 28.6 Å². The molecule has 1 unspecified atom stereocenters. The highest BCUT2D eigenvalue weighted by atomic mass is 35.5. The van der Waals surface area contributed by atoms with Crippen molar-refractivity contribution in [3.63, 3.8) is 0 Å². The van der Waals surface area contributed by atoms with Gasteiger partial charge in [-0.3, -0.25) is 0 Å². The molecule has 2 rings (SSSR count). The Hall–Kier alpha value is -1.30. The number of rotatable bonds is 8. The van der Waals surface area contributed by atoms with E-state index in [1.807, 2.05) is 11.4 Å². The van der Waals surface area contributed by atoms with Crippen LogP contribution in [0.5, 0.6) is 5.75 Å². The van der Waals surface area contributed by atoms with Gasteiger partial charge in [0.1, 0.15) is 11.6 Å². The van der Waals surface area contributed by atoms with Crippen molar-refractivity contribution in [3.8, 4) is 5.75 Å². The minimum absolute atomic E-state index is 0.122. The molecule has 1 aromatic heterocycles. The first-order valence-electron chi connectivity index (χ1n) is 6.61. The molecule has 1 heterocycles. The molecule has 3 nitrogen and oxygen atoms in total. The number of benzene rings is 1. The monoisotopic (exact) mass is 329 g/mol. The van der Waals surface area contributed by atoms with Gasteiger partial charge in [-0.25, -0.2) is 4.39 Å². The fourth-order valence-corrected chi connectivity index (χ4v) is 2.56. The number of aliphatic hydroxyl groups is 1. The Kier molecular flexibility index (Phi) is 6.29. The van der Waals surface area contributed by atoms with Crippen LogP contribution in [0.3, 0.4) is 0 Å². The number of alkyl halides is 1. The van der Waals surface area contributed by atoms with E-state index in [1.165, 1.54) is 17.0 Å². The van der Waals surface area contributed by atoms with Crippen molar-refractivity contribution in [1.82, 2.24) is 0 Å². The van der Waals surface area contributed by atoms with E-state index in [0.29, 0.717) is 18.0 Å². The Balaban J connectivity index is 1.94. The number of nitrogens with one attached hydrogen (secondary N) is 1. The summed E-state index contributed by atoms with van der Waals surface area (Å²) in [5, 5.41) is 14.4. The van der Waals surface area contributed by atoms with Crippen LogP contribution >= 0.6 is 22.9 Å². The van der Waals surface area contributed by atoms with Crippen LogP contribution in [-0.4, -0.2) is 30.2 Å². The van der Waals surface area contributed by atoms with Crippen molar-refractivity contribution in [3.05, 3.63) is 46.4 Å². The number of anilines is 1. The molecule has 0 radical (unpaired) electrons. The summed E-state index contributed by atoms with van der Waals surface area (Å²) in [5.41, 5.74) is 0.519. The third-order valence-corrected chi connectivity index (χ3v) is 4.13. The first kappa shape index (κ1) is 16.1. The average Bonchev–Trinajstić information content (AvgIpc) is 3.00. The Morgan fingerprint density at radius 2 is 2.24 bits per heavy atom. The topological polar surface area (TPSA) is 41.5 Å². The van der Waals surface area contributed by atoms with E-state index in [9.17, 15) is 9.50 Å². The Labute approximate surface area is 132 Å². The number of hydrogen-bond donors (Lipinski definition) is 2. The molecule has 21 heavy (non-hydrogen) atoms. The normalized spacial score (nSPS) is 12.1. The fourth-order valence-electron chi connectivity index (χ4n) is 1.76. The summed E-state index contributed by atoms with van der Waals surface area (Å²) in [7, 11) is 0. The van der Waals surface area contributed by atoms with E-state index < -0.39 is 6.10 Å². The quantitative estimate of drug-likeness (QED) is 0.728. The third-order valence-electron chi connectivity index (χ3n) is 2.83. The first-order chi connectivity index (χ1) is 10.2. The molecule has 1 aromatic carbocycles. The van der Waals surface area contributed by atoms with Crippen molar-refractivity contribution in [2.24, 2.45) is 0 Å². The lowest BCUT2D eigenvalue weighted by molar-refractivity contribution is 0.211. The number of ether oxygens (including phenoxy) is 1. The third kappa shape index (κ3) is 5.19. The molecule has 0 saturated heterocycles. The van der Waals surface area contributed by atoms with Gasteiger partial charge in [-0.2, -0.15) is 0 Å². The summed E-state index contributed by atoms with van der Waals surface area (Å²) < 4.78 is 19.0. The van der Waals surface area contributed by atoms with Gasteiger partial charge >= 0.3 is 0 Å². The van der Waals surface area contributed by atoms with E-state index in [2.05, 4.69) is 11.4 Å². The van der Waals surface area contributed by atoms with Crippen molar-refractivity contribution in [1.29, 1.82) is 0 Å². The summed E-state index contributed by atoms with van der Waals surface area (Å²) in [6.07, 6.45) is 0.118. The van der Waals surface area contributed by atoms with E-state index in [1.54, 1.807) is 17.4 Å². The summed E-state index contributed by atoms with van der Waals surface area (Å²) in [6, 6.07) is 8.33. The van der Waals surface area contributed by atoms with Crippen molar-refractivity contribution in [2.45, 2.75) is 12.5 Å². The van der Waals surface area contributed by atoms with Crippen LogP contribution in [0.2, 0.25) is 0 Å². The second kappa shape index (κ2) is 8.22. The number of halogens is 2. The Morgan fingerprint density at radius 1 is 1.38 bits per heavy atom. The van der Waals surface area contributed by atoms with Gasteiger partial charge in [0.25, 0.3) is 0 Å². The number of thiophene rings is 1. The van der Waals surface area contributed by atoms with E-state index in [-0.39, 0.29) is 18.2 Å². The van der Waals surface area contributed by atoms with Gasteiger partial charge in [0.15, 0.2) is 0 Å². The molecule has 0 aliphatic rings. The molecule has 2 N–H and O–H groups in total. The molecule has 0 saturated carbocycles. The Bertz CT molecular complexity index is 551. The van der Waals surface area contributed by atoms with Crippen molar-refractivity contribution < 1.29 is 14.2 Å². The van der Waals surface area contributed by atoms with Gasteiger partial charge in [-0.1, -0.05) is 6.07 Å². The van der Waals surface area contributed by atoms with Gasteiger partial charge in [0, 0.05) is 23.9 Å². The summed E-state index contributed by atoms with van der Waals surface area (Å²) in [6.45, 7) is 0.757. The number of hydrogen-bond acceptors (Lipinski definition) is 4. The van der Waals surface area contributed by atoms with Crippen LogP contribution in [0.15, 0.2) is 35.7 Å². The molecular formula is C15H17ClFNO2S. The molecular weight excluding hydrogens is 313 g/mol. The standard InChI is InChI=1S/C15H17ClFNO2S/c16-9-12(19)10-18-14-8-11(17)3-4-15(14)20-6-5-13-2-1-7-21-13/h1-4,7-8,12,18-19H,5-6,9-10H2. The van der Waals surface area contributed by atoms with Crippen LogP contribution in [0.4, 0.5) is 10.1 Å². The van der Waals surface area contributed by atoms with Crippen LogP contribution < -0.4 is 10.1 Å². The molecule has 0 aliphatic carbocycles. The molecule has 114 valence electrons. The Morgan fingerprint density at radius 3 is 2.95 bits per heavy atom. The molecule has 0 aliphatic heterocycles. The van der Waals surface area contributed by atoms with Gasteiger partial charge < -0.3 is 15.2 Å². The molecule has 0 fully saturated rings. The summed E-state index contributed by atoms with van der Waals surface area (Å²) >= 11 is 7.21. The zero-order valence-electron chi connectivity index (χ0n) is 11.4. The highest BCUT2D eigenvalue weighted by Crippen LogP contribution is 2.25. The predicted molar refractivity (Wildman–Crippen MR) is 85.1 cm³/mol. The van der Waals surface area contributed by atoms with Gasteiger partial charge in [-0.15, -0.1) is 22.9 Å². The maximum absolute atomic E-state index is 13.3. The SMILES string of the molecule is OC(CCl)CNc1cc(F)ccc1OCCc1cccs1. The smallest absolute Gasteiger partial charge is 0.142 e. The van der Waals surface area contributed by atoms with Gasteiger partial charge in [0.05, 0.1) is 24.3 Å². The number of aliphatic hydroxyl groups excluding tert-OH is 1.